The smallest absolute Gasteiger partial charge is 0.271 e. The van der Waals surface area contributed by atoms with Crippen molar-refractivity contribution >= 4 is 28.9 Å². The van der Waals surface area contributed by atoms with Gasteiger partial charge in [0.05, 0.1) is 5.71 Å². The van der Waals surface area contributed by atoms with Crippen molar-refractivity contribution in [1.82, 2.24) is 5.43 Å². The van der Waals surface area contributed by atoms with Crippen LogP contribution in [0.2, 0.25) is 0 Å². The number of nitrogens with one attached hydrogen (secondary N) is 2. The number of amides is 2. The minimum absolute atomic E-state index is 0.111. The highest BCUT2D eigenvalue weighted by Gasteiger charge is 2.20. The van der Waals surface area contributed by atoms with Crippen LogP contribution >= 0.6 is 0 Å². The lowest BCUT2D eigenvalue weighted by Crippen LogP contribution is -2.24. The molecule has 0 bridgehead atoms. The molecule has 0 aromatic heterocycles. The van der Waals surface area contributed by atoms with Crippen LogP contribution in [-0.2, 0) is 4.79 Å². The maximum Gasteiger partial charge on any atom is 0.271 e. The average molecular weight is 407 g/mol. The first-order valence-corrected chi connectivity index (χ1v) is 10.5. The van der Waals surface area contributed by atoms with Crippen molar-refractivity contribution in [2.24, 2.45) is 11.0 Å². The van der Waals surface area contributed by atoms with Gasteiger partial charge in [-0.15, -0.1) is 0 Å². The van der Waals surface area contributed by atoms with Gasteiger partial charge in [-0.05, 0) is 61.7 Å². The predicted molar refractivity (Wildman–Crippen MR) is 122 cm³/mol. The van der Waals surface area contributed by atoms with Crippen LogP contribution in [0.3, 0.4) is 0 Å². The molecule has 2 N–H and O–H groups in total. The summed E-state index contributed by atoms with van der Waals surface area (Å²) in [4.78, 5) is 26.7. The molecule has 2 aromatic carbocycles. The molecule has 0 unspecified atom stereocenters. The molecule has 6 nitrogen and oxygen atoms in total. The van der Waals surface area contributed by atoms with Crippen molar-refractivity contribution < 1.29 is 9.59 Å². The second-order valence-corrected chi connectivity index (χ2v) is 7.98. The monoisotopic (exact) mass is 406 g/mol. The molecule has 0 aliphatic heterocycles. The summed E-state index contributed by atoms with van der Waals surface area (Å²) in [6.07, 6.45) is 5.46. The van der Waals surface area contributed by atoms with E-state index in [9.17, 15) is 9.59 Å². The summed E-state index contributed by atoms with van der Waals surface area (Å²) in [6.45, 7) is 1.84. The number of nitrogens with zero attached hydrogens (tertiary/aromatic N) is 2. The van der Waals surface area contributed by atoms with E-state index in [-0.39, 0.29) is 17.7 Å². The van der Waals surface area contributed by atoms with E-state index in [2.05, 4.69) is 15.8 Å². The SMILES string of the molecule is C/C(=N\NC(=O)c1ccc(N(C)C)cc1)c1ccc(NC(=O)C2CCCCC2)cc1. The molecule has 0 spiro atoms. The Morgan fingerprint density at radius 3 is 2.10 bits per heavy atom. The Kier molecular flexibility index (Phi) is 7.22. The number of rotatable bonds is 6. The number of benzene rings is 2. The molecular formula is C24H30N4O2. The van der Waals surface area contributed by atoms with Gasteiger partial charge in [0.1, 0.15) is 0 Å². The molecule has 158 valence electrons. The normalized spacial score (nSPS) is 14.8. The highest BCUT2D eigenvalue weighted by molar-refractivity contribution is 6.01. The fraction of sp³-hybridized carbons (Fsp3) is 0.375. The van der Waals surface area contributed by atoms with Crippen LogP contribution in [0, 0.1) is 5.92 Å². The Labute approximate surface area is 178 Å². The molecule has 0 atom stereocenters. The van der Waals surface area contributed by atoms with Gasteiger partial charge in [0.2, 0.25) is 5.91 Å². The van der Waals surface area contributed by atoms with Gasteiger partial charge in [-0.1, -0.05) is 31.4 Å². The summed E-state index contributed by atoms with van der Waals surface area (Å²) in [5.74, 6) is -0.0138. The van der Waals surface area contributed by atoms with Gasteiger partial charge in [0.15, 0.2) is 0 Å². The number of hydrazone groups is 1. The van der Waals surface area contributed by atoms with Gasteiger partial charge < -0.3 is 10.2 Å². The Balaban J connectivity index is 1.56. The van der Waals surface area contributed by atoms with Crippen LogP contribution in [0.4, 0.5) is 11.4 Å². The fourth-order valence-corrected chi connectivity index (χ4v) is 3.58. The quantitative estimate of drug-likeness (QED) is 0.551. The molecule has 6 heteroatoms. The van der Waals surface area contributed by atoms with Crippen molar-refractivity contribution in [3.05, 3.63) is 59.7 Å². The van der Waals surface area contributed by atoms with E-state index in [0.717, 1.165) is 42.6 Å². The maximum atomic E-state index is 12.4. The zero-order valence-corrected chi connectivity index (χ0v) is 17.9. The maximum absolute atomic E-state index is 12.4. The molecule has 0 saturated heterocycles. The first-order chi connectivity index (χ1) is 14.4. The van der Waals surface area contributed by atoms with E-state index in [4.69, 9.17) is 0 Å². The third kappa shape index (κ3) is 5.69. The topological polar surface area (TPSA) is 73.8 Å². The van der Waals surface area contributed by atoms with Crippen molar-refractivity contribution in [3.8, 4) is 0 Å². The van der Waals surface area contributed by atoms with E-state index >= 15 is 0 Å². The van der Waals surface area contributed by atoms with E-state index < -0.39 is 0 Å². The molecule has 2 aromatic rings. The number of anilines is 2. The lowest BCUT2D eigenvalue weighted by Gasteiger charge is -2.20. The van der Waals surface area contributed by atoms with Crippen molar-refractivity contribution in [2.45, 2.75) is 39.0 Å². The zero-order chi connectivity index (χ0) is 21.5. The van der Waals surface area contributed by atoms with Gasteiger partial charge >= 0.3 is 0 Å². The van der Waals surface area contributed by atoms with Crippen molar-refractivity contribution in [2.75, 3.05) is 24.3 Å². The number of carbonyl (C=O) groups excluding carboxylic acids is 2. The van der Waals surface area contributed by atoms with Crippen LogP contribution in [0.25, 0.3) is 0 Å². The lowest BCUT2D eigenvalue weighted by atomic mass is 9.88. The summed E-state index contributed by atoms with van der Waals surface area (Å²) < 4.78 is 0. The van der Waals surface area contributed by atoms with Crippen LogP contribution in [-0.4, -0.2) is 31.6 Å². The number of hydrogen-bond donors (Lipinski definition) is 2. The van der Waals surface area contributed by atoms with Crippen LogP contribution in [0.5, 0.6) is 0 Å². The van der Waals surface area contributed by atoms with E-state index in [0.29, 0.717) is 11.3 Å². The summed E-state index contributed by atoms with van der Waals surface area (Å²) >= 11 is 0. The Morgan fingerprint density at radius 1 is 0.900 bits per heavy atom. The minimum atomic E-state index is -0.254. The molecule has 2 amide bonds. The predicted octanol–water partition coefficient (Wildman–Crippen LogP) is 4.43. The molecule has 3 rings (SSSR count). The summed E-state index contributed by atoms with van der Waals surface area (Å²) in [5.41, 5.74) is 6.55. The zero-order valence-electron chi connectivity index (χ0n) is 17.9. The van der Waals surface area contributed by atoms with Gasteiger partial charge in [0.25, 0.3) is 5.91 Å². The largest absolute Gasteiger partial charge is 0.378 e. The molecule has 1 saturated carbocycles. The Hall–Kier alpha value is -3.15. The molecule has 1 fully saturated rings. The highest BCUT2D eigenvalue weighted by Crippen LogP contribution is 2.25. The van der Waals surface area contributed by atoms with Gasteiger partial charge in [0, 0.05) is 37.0 Å². The third-order valence-corrected chi connectivity index (χ3v) is 5.52. The molecule has 0 heterocycles. The van der Waals surface area contributed by atoms with Crippen LogP contribution < -0.4 is 15.6 Å². The molecule has 1 aliphatic carbocycles. The summed E-state index contributed by atoms with van der Waals surface area (Å²) in [7, 11) is 3.91. The number of carbonyl (C=O) groups is 2. The third-order valence-electron chi connectivity index (χ3n) is 5.52. The molecule has 30 heavy (non-hydrogen) atoms. The van der Waals surface area contributed by atoms with Gasteiger partial charge in [-0.3, -0.25) is 9.59 Å². The van der Waals surface area contributed by atoms with Crippen LogP contribution in [0.1, 0.15) is 54.9 Å². The fourth-order valence-electron chi connectivity index (χ4n) is 3.58. The van der Waals surface area contributed by atoms with Crippen molar-refractivity contribution in [3.63, 3.8) is 0 Å². The summed E-state index contributed by atoms with van der Waals surface area (Å²) in [6, 6.07) is 14.9. The molecule has 0 radical (unpaired) electrons. The van der Waals surface area contributed by atoms with E-state index in [1.165, 1.54) is 6.42 Å². The average Bonchev–Trinajstić information content (AvgIpc) is 2.78. The van der Waals surface area contributed by atoms with E-state index in [1.54, 1.807) is 12.1 Å². The first-order valence-electron chi connectivity index (χ1n) is 10.5. The van der Waals surface area contributed by atoms with Gasteiger partial charge in [-0.25, -0.2) is 5.43 Å². The second-order valence-electron chi connectivity index (χ2n) is 7.98. The standard InChI is InChI=1S/C24H30N4O2/c1-17(26-27-24(30)20-11-15-22(16-12-20)28(2)3)18-9-13-21(14-10-18)25-23(29)19-7-5-4-6-8-19/h9-16,19H,4-8H2,1-3H3,(H,25,29)(H,27,30)/b26-17+. The first kappa shape index (κ1) is 21.6. The van der Waals surface area contributed by atoms with Crippen molar-refractivity contribution in [1.29, 1.82) is 0 Å². The van der Waals surface area contributed by atoms with E-state index in [1.807, 2.05) is 62.3 Å². The number of hydrogen-bond acceptors (Lipinski definition) is 4. The minimum Gasteiger partial charge on any atom is -0.378 e. The van der Waals surface area contributed by atoms with Crippen LogP contribution in [0.15, 0.2) is 53.6 Å². The summed E-state index contributed by atoms with van der Waals surface area (Å²) in [5, 5.41) is 7.22. The highest BCUT2D eigenvalue weighted by atomic mass is 16.2. The molecule has 1 aliphatic rings. The lowest BCUT2D eigenvalue weighted by molar-refractivity contribution is -0.120. The Bertz CT molecular complexity index is 896. The molecular weight excluding hydrogens is 376 g/mol. The van der Waals surface area contributed by atoms with Gasteiger partial charge in [-0.2, -0.15) is 5.10 Å². The second kappa shape index (κ2) is 10.1. The Morgan fingerprint density at radius 2 is 1.50 bits per heavy atom.